The molecule has 0 aliphatic heterocycles. The second kappa shape index (κ2) is 10.7. The highest BCUT2D eigenvalue weighted by molar-refractivity contribution is 5.85. The van der Waals surface area contributed by atoms with Gasteiger partial charge in [-0.2, -0.15) is 0 Å². The molecule has 0 N–H and O–H groups in total. The SMILES string of the molecule is CCCCCCCCC(=O)OCC(=O)OC(C)=O. The van der Waals surface area contributed by atoms with Gasteiger partial charge >= 0.3 is 17.9 Å². The van der Waals surface area contributed by atoms with Crippen molar-refractivity contribution in [1.29, 1.82) is 0 Å². The highest BCUT2D eigenvalue weighted by atomic mass is 16.6. The number of esters is 3. The Morgan fingerprint density at radius 2 is 1.50 bits per heavy atom. The lowest BCUT2D eigenvalue weighted by Gasteiger charge is -2.03. The van der Waals surface area contributed by atoms with Crippen LogP contribution in [0.1, 0.15) is 58.8 Å². The fourth-order valence-corrected chi connectivity index (χ4v) is 1.45. The van der Waals surface area contributed by atoms with Crippen LogP contribution in [0.25, 0.3) is 0 Å². The minimum absolute atomic E-state index is 0.305. The average Bonchev–Trinajstić information content (AvgIpc) is 2.30. The van der Waals surface area contributed by atoms with Gasteiger partial charge in [0.05, 0.1) is 0 Å². The highest BCUT2D eigenvalue weighted by Crippen LogP contribution is 2.07. The Kier molecular flexibility index (Phi) is 9.91. The Labute approximate surface area is 108 Å². The third-order valence-corrected chi connectivity index (χ3v) is 2.34. The van der Waals surface area contributed by atoms with Gasteiger partial charge in [0, 0.05) is 13.3 Å². The van der Waals surface area contributed by atoms with E-state index in [9.17, 15) is 14.4 Å². The Morgan fingerprint density at radius 1 is 0.889 bits per heavy atom. The topological polar surface area (TPSA) is 69.7 Å². The molecule has 0 aliphatic rings. The van der Waals surface area contributed by atoms with Gasteiger partial charge < -0.3 is 9.47 Å². The molecule has 0 unspecified atom stereocenters. The van der Waals surface area contributed by atoms with Crippen LogP contribution < -0.4 is 0 Å². The summed E-state index contributed by atoms with van der Waals surface area (Å²) in [4.78, 5) is 32.5. The molecule has 0 fully saturated rings. The van der Waals surface area contributed by atoms with Crippen LogP contribution in [-0.4, -0.2) is 24.5 Å². The molecular formula is C13H22O5. The lowest BCUT2D eigenvalue weighted by Crippen LogP contribution is -2.18. The molecule has 5 heteroatoms. The summed E-state index contributed by atoms with van der Waals surface area (Å²) in [5.41, 5.74) is 0. The zero-order valence-electron chi connectivity index (χ0n) is 11.2. The minimum Gasteiger partial charge on any atom is -0.454 e. The quantitative estimate of drug-likeness (QED) is 0.361. The molecule has 18 heavy (non-hydrogen) atoms. The zero-order chi connectivity index (χ0) is 13.8. The van der Waals surface area contributed by atoms with Crippen molar-refractivity contribution in [2.45, 2.75) is 58.8 Å². The molecule has 0 spiro atoms. The maximum atomic E-state index is 11.2. The first kappa shape index (κ1) is 16.6. The molecule has 5 nitrogen and oxygen atoms in total. The molecule has 0 saturated carbocycles. The monoisotopic (exact) mass is 258 g/mol. The minimum atomic E-state index is -0.834. The van der Waals surface area contributed by atoms with Crippen molar-refractivity contribution in [3.05, 3.63) is 0 Å². The first-order chi connectivity index (χ1) is 8.56. The van der Waals surface area contributed by atoms with Crippen molar-refractivity contribution in [3.63, 3.8) is 0 Å². The molecule has 0 aromatic rings. The third-order valence-electron chi connectivity index (χ3n) is 2.34. The molecule has 0 aliphatic carbocycles. The molecular weight excluding hydrogens is 236 g/mol. The Morgan fingerprint density at radius 3 is 2.11 bits per heavy atom. The second-order valence-electron chi connectivity index (χ2n) is 4.14. The zero-order valence-corrected chi connectivity index (χ0v) is 11.2. The molecule has 0 aromatic carbocycles. The van der Waals surface area contributed by atoms with Crippen LogP contribution in [0.2, 0.25) is 0 Å². The van der Waals surface area contributed by atoms with Crippen molar-refractivity contribution in [1.82, 2.24) is 0 Å². The van der Waals surface area contributed by atoms with Gasteiger partial charge in [-0.1, -0.05) is 39.0 Å². The predicted octanol–water partition coefficient (Wildman–Crippen LogP) is 2.37. The van der Waals surface area contributed by atoms with E-state index in [1.807, 2.05) is 0 Å². The van der Waals surface area contributed by atoms with Gasteiger partial charge in [0.1, 0.15) is 0 Å². The third kappa shape index (κ3) is 11.1. The van der Waals surface area contributed by atoms with E-state index in [4.69, 9.17) is 0 Å². The van der Waals surface area contributed by atoms with Crippen molar-refractivity contribution < 1.29 is 23.9 Å². The van der Waals surface area contributed by atoms with Crippen molar-refractivity contribution >= 4 is 17.9 Å². The number of hydrogen-bond donors (Lipinski definition) is 0. The summed E-state index contributed by atoms with van der Waals surface area (Å²) >= 11 is 0. The van der Waals surface area contributed by atoms with Gasteiger partial charge in [-0.05, 0) is 6.42 Å². The highest BCUT2D eigenvalue weighted by Gasteiger charge is 2.10. The van der Waals surface area contributed by atoms with Crippen LogP contribution in [0.4, 0.5) is 0 Å². The number of ether oxygens (including phenoxy) is 2. The number of hydrogen-bond acceptors (Lipinski definition) is 5. The van der Waals surface area contributed by atoms with Crippen LogP contribution >= 0.6 is 0 Å². The van der Waals surface area contributed by atoms with Gasteiger partial charge in [0.25, 0.3) is 0 Å². The lowest BCUT2D eigenvalue weighted by molar-refractivity contribution is -0.166. The van der Waals surface area contributed by atoms with Crippen LogP contribution in [0.5, 0.6) is 0 Å². The number of unbranched alkanes of at least 4 members (excludes halogenated alkanes) is 5. The van der Waals surface area contributed by atoms with Crippen LogP contribution in [0.15, 0.2) is 0 Å². The van der Waals surface area contributed by atoms with Crippen molar-refractivity contribution in [2.24, 2.45) is 0 Å². The van der Waals surface area contributed by atoms with Gasteiger partial charge in [-0.15, -0.1) is 0 Å². The molecule has 104 valence electrons. The van der Waals surface area contributed by atoms with Crippen LogP contribution in [-0.2, 0) is 23.9 Å². The van der Waals surface area contributed by atoms with Crippen molar-refractivity contribution in [2.75, 3.05) is 6.61 Å². The van der Waals surface area contributed by atoms with Crippen LogP contribution in [0.3, 0.4) is 0 Å². The van der Waals surface area contributed by atoms with E-state index in [-0.39, 0.29) is 0 Å². The average molecular weight is 258 g/mol. The fraction of sp³-hybridized carbons (Fsp3) is 0.769. The van der Waals surface area contributed by atoms with Crippen molar-refractivity contribution in [3.8, 4) is 0 Å². The molecule has 0 rings (SSSR count). The smallest absolute Gasteiger partial charge is 0.351 e. The van der Waals surface area contributed by atoms with E-state index < -0.39 is 24.5 Å². The molecule has 0 aromatic heterocycles. The van der Waals surface area contributed by atoms with Gasteiger partial charge in [0.15, 0.2) is 6.61 Å². The van der Waals surface area contributed by atoms with E-state index >= 15 is 0 Å². The van der Waals surface area contributed by atoms with Gasteiger partial charge in [-0.25, -0.2) is 4.79 Å². The molecule has 0 saturated heterocycles. The van der Waals surface area contributed by atoms with E-state index in [1.54, 1.807) is 0 Å². The second-order valence-corrected chi connectivity index (χ2v) is 4.14. The summed E-state index contributed by atoms with van der Waals surface area (Å²) < 4.78 is 8.88. The summed E-state index contributed by atoms with van der Waals surface area (Å²) in [6, 6.07) is 0. The molecule has 0 bridgehead atoms. The van der Waals surface area contributed by atoms with E-state index in [0.717, 1.165) is 26.2 Å². The number of carbonyl (C=O) groups is 3. The summed E-state index contributed by atoms with van der Waals surface area (Å²) in [7, 11) is 0. The Balaban J connectivity index is 3.43. The lowest BCUT2D eigenvalue weighted by atomic mass is 10.1. The van der Waals surface area contributed by atoms with Gasteiger partial charge in [-0.3, -0.25) is 9.59 Å². The Hall–Kier alpha value is -1.39. The first-order valence-corrected chi connectivity index (χ1v) is 6.43. The number of rotatable bonds is 9. The maximum Gasteiger partial charge on any atom is 0.351 e. The largest absolute Gasteiger partial charge is 0.454 e. The summed E-state index contributed by atoms with van der Waals surface area (Å²) in [5, 5.41) is 0. The number of carbonyl (C=O) groups excluding carboxylic acids is 3. The van der Waals surface area contributed by atoms with E-state index in [1.165, 1.54) is 19.3 Å². The molecule has 0 heterocycles. The van der Waals surface area contributed by atoms with Crippen LogP contribution in [0, 0.1) is 0 Å². The Bertz CT molecular complexity index is 273. The normalized spacial score (nSPS) is 9.89. The first-order valence-electron chi connectivity index (χ1n) is 6.43. The molecule has 0 radical (unpaired) electrons. The fourth-order valence-electron chi connectivity index (χ4n) is 1.45. The standard InChI is InChI=1S/C13H22O5/c1-3-4-5-6-7-8-9-12(15)17-10-13(16)18-11(2)14/h3-10H2,1-2H3. The molecule has 0 amide bonds. The van der Waals surface area contributed by atoms with E-state index in [0.29, 0.717) is 6.42 Å². The maximum absolute atomic E-state index is 11.2. The summed E-state index contributed by atoms with van der Waals surface area (Å²) in [6.45, 7) is 2.78. The predicted molar refractivity (Wildman–Crippen MR) is 65.7 cm³/mol. The summed E-state index contributed by atoms with van der Waals surface area (Å²) in [6.07, 6.45) is 6.79. The van der Waals surface area contributed by atoms with E-state index in [2.05, 4.69) is 16.4 Å². The molecule has 0 atom stereocenters. The van der Waals surface area contributed by atoms with Gasteiger partial charge in [0.2, 0.25) is 0 Å². The summed E-state index contributed by atoms with van der Waals surface area (Å²) in [5.74, 6) is -1.96.